The van der Waals surface area contributed by atoms with Crippen LogP contribution in [-0.2, 0) is 11.3 Å². The van der Waals surface area contributed by atoms with Crippen molar-refractivity contribution >= 4 is 50.6 Å². The quantitative estimate of drug-likeness (QED) is 0.308. The summed E-state index contributed by atoms with van der Waals surface area (Å²) in [6, 6.07) is 13.8. The molecular weight excluding hydrogens is 434 g/mol. The third kappa shape index (κ3) is 4.21. The number of thiophene rings is 2. The molecule has 0 aliphatic heterocycles. The van der Waals surface area contributed by atoms with Crippen LogP contribution in [0.4, 0.5) is 0 Å². The van der Waals surface area contributed by atoms with Gasteiger partial charge in [0.25, 0.3) is 5.56 Å². The fraction of sp³-hybridized carbons (Fsp3) is 0.227. The van der Waals surface area contributed by atoms with Crippen LogP contribution in [0, 0.1) is 0 Å². The number of rotatable bonds is 7. The molecule has 5 nitrogen and oxygen atoms in total. The number of aromatic nitrogens is 2. The van der Waals surface area contributed by atoms with Gasteiger partial charge in [-0.1, -0.05) is 48.2 Å². The Bertz CT molecular complexity index is 1210. The van der Waals surface area contributed by atoms with Crippen LogP contribution >= 0.6 is 34.4 Å². The number of carbonyl (C=O) groups is 1. The number of thioether (sulfide) groups is 1. The van der Waals surface area contributed by atoms with Crippen LogP contribution < -0.4 is 10.9 Å². The summed E-state index contributed by atoms with van der Waals surface area (Å²) in [7, 11) is 0. The highest BCUT2D eigenvalue weighted by Gasteiger charge is 2.18. The minimum Gasteiger partial charge on any atom is -0.349 e. The van der Waals surface area contributed by atoms with Crippen LogP contribution in [0.1, 0.15) is 25.5 Å². The Morgan fingerprint density at radius 3 is 2.70 bits per heavy atom. The maximum atomic E-state index is 13.2. The monoisotopic (exact) mass is 455 g/mol. The topological polar surface area (TPSA) is 64.0 Å². The van der Waals surface area contributed by atoms with E-state index in [0.717, 1.165) is 16.0 Å². The Morgan fingerprint density at radius 2 is 2.00 bits per heavy atom. The van der Waals surface area contributed by atoms with E-state index in [1.165, 1.54) is 23.1 Å². The molecule has 4 aromatic rings. The minimum atomic E-state index is -0.0844. The molecule has 30 heavy (non-hydrogen) atoms. The molecule has 154 valence electrons. The van der Waals surface area contributed by atoms with Crippen molar-refractivity contribution in [3.05, 3.63) is 69.1 Å². The molecule has 0 aliphatic rings. The Hall–Kier alpha value is -2.42. The SMILES string of the molecule is CCn1c(SCC(=O)NC(C)c2ccccc2)nc2scc(-c3cccs3)c2c1=O. The van der Waals surface area contributed by atoms with Gasteiger partial charge in [0.2, 0.25) is 5.91 Å². The second kappa shape index (κ2) is 9.16. The molecule has 1 aromatic carbocycles. The number of benzene rings is 1. The molecule has 0 aliphatic carbocycles. The van der Waals surface area contributed by atoms with Crippen LogP contribution in [-0.4, -0.2) is 21.2 Å². The summed E-state index contributed by atoms with van der Waals surface area (Å²) in [6.07, 6.45) is 0. The number of nitrogens with zero attached hydrogens (tertiary/aromatic N) is 2. The highest BCUT2D eigenvalue weighted by atomic mass is 32.2. The van der Waals surface area contributed by atoms with Gasteiger partial charge in [-0.2, -0.15) is 0 Å². The molecule has 0 bridgehead atoms. The van der Waals surface area contributed by atoms with Gasteiger partial charge in [0.05, 0.1) is 17.2 Å². The number of nitrogens with one attached hydrogen (secondary N) is 1. The smallest absolute Gasteiger partial charge is 0.263 e. The van der Waals surface area contributed by atoms with Crippen LogP contribution in [0.5, 0.6) is 0 Å². The molecule has 0 saturated carbocycles. The van der Waals surface area contributed by atoms with Crippen molar-refractivity contribution in [3.63, 3.8) is 0 Å². The Kier molecular flexibility index (Phi) is 6.36. The van der Waals surface area contributed by atoms with Crippen LogP contribution in [0.15, 0.2) is 63.2 Å². The van der Waals surface area contributed by atoms with Gasteiger partial charge in [-0.05, 0) is 30.9 Å². The molecule has 0 fully saturated rings. The van der Waals surface area contributed by atoms with E-state index in [2.05, 4.69) is 5.32 Å². The fourth-order valence-corrected chi connectivity index (χ4v) is 5.92. The molecule has 1 N–H and O–H groups in total. The maximum Gasteiger partial charge on any atom is 0.263 e. The zero-order valence-electron chi connectivity index (χ0n) is 16.6. The third-order valence-corrected chi connectivity index (χ3v) is 7.52. The second-order valence-corrected chi connectivity index (χ2v) is 9.49. The van der Waals surface area contributed by atoms with E-state index >= 15 is 0 Å². The van der Waals surface area contributed by atoms with E-state index in [1.54, 1.807) is 15.9 Å². The van der Waals surface area contributed by atoms with E-state index < -0.39 is 0 Å². The Morgan fingerprint density at radius 1 is 1.20 bits per heavy atom. The van der Waals surface area contributed by atoms with Gasteiger partial charge in [-0.3, -0.25) is 14.2 Å². The molecule has 3 heterocycles. The normalized spacial score (nSPS) is 12.2. The highest BCUT2D eigenvalue weighted by molar-refractivity contribution is 7.99. The van der Waals surface area contributed by atoms with Crippen LogP contribution in [0.3, 0.4) is 0 Å². The molecular formula is C22H21N3O2S3. The predicted octanol–water partition coefficient (Wildman–Crippen LogP) is 5.18. The third-order valence-electron chi connectivity index (χ3n) is 4.77. The summed E-state index contributed by atoms with van der Waals surface area (Å²) in [5, 5.41) is 8.25. The zero-order valence-corrected chi connectivity index (χ0v) is 19.1. The van der Waals surface area contributed by atoms with Gasteiger partial charge in [-0.25, -0.2) is 4.98 Å². The first kappa shape index (κ1) is 20.8. The summed E-state index contributed by atoms with van der Waals surface area (Å²) in [4.78, 5) is 32.1. The van der Waals surface area contributed by atoms with E-state index in [-0.39, 0.29) is 23.3 Å². The first-order chi connectivity index (χ1) is 14.6. The lowest BCUT2D eigenvalue weighted by molar-refractivity contribution is -0.119. The van der Waals surface area contributed by atoms with Gasteiger partial charge >= 0.3 is 0 Å². The summed E-state index contributed by atoms with van der Waals surface area (Å²) in [5.74, 6) is 0.122. The number of carbonyl (C=O) groups excluding carboxylic acids is 1. The summed E-state index contributed by atoms with van der Waals surface area (Å²) in [6.45, 7) is 4.39. The van der Waals surface area contributed by atoms with Crippen molar-refractivity contribution < 1.29 is 4.79 Å². The van der Waals surface area contributed by atoms with Gasteiger partial charge in [0.1, 0.15) is 4.83 Å². The molecule has 8 heteroatoms. The molecule has 0 radical (unpaired) electrons. The molecule has 1 amide bonds. The Balaban J connectivity index is 1.54. The fourth-order valence-electron chi connectivity index (χ4n) is 3.25. The van der Waals surface area contributed by atoms with Gasteiger partial charge < -0.3 is 5.32 Å². The first-order valence-corrected chi connectivity index (χ1v) is 12.4. The van der Waals surface area contributed by atoms with E-state index in [1.807, 2.05) is 67.1 Å². The second-order valence-electron chi connectivity index (χ2n) is 6.74. The number of fused-ring (bicyclic) bond motifs is 1. The van der Waals surface area contributed by atoms with E-state index in [9.17, 15) is 9.59 Å². The van der Waals surface area contributed by atoms with Crippen molar-refractivity contribution in [2.45, 2.75) is 31.6 Å². The van der Waals surface area contributed by atoms with Crippen molar-refractivity contribution in [2.24, 2.45) is 0 Å². The van der Waals surface area contributed by atoms with Gasteiger partial charge in [-0.15, -0.1) is 22.7 Å². The summed E-state index contributed by atoms with van der Waals surface area (Å²) >= 11 is 4.38. The molecule has 1 atom stereocenters. The molecule has 3 aromatic heterocycles. The number of amides is 1. The summed E-state index contributed by atoms with van der Waals surface area (Å²) in [5.41, 5.74) is 1.95. The zero-order chi connectivity index (χ0) is 21.1. The molecule has 0 spiro atoms. The largest absolute Gasteiger partial charge is 0.349 e. The lowest BCUT2D eigenvalue weighted by atomic mass is 10.1. The minimum absolute atomic E-state index is 0.0484. The Labute approximate surface area is 186 Å². The van der Waals surface area contributed by atoms with Crippen molar-refractivity contribution in [1.29, 1.82) is 0 Å². The van der Waals surface area contributed by atoms with Gasteiger partial charge in [0, 0.05) is 22.4 Å². The average molecular weight is 456 g/mol. The van der Waals surface area contributed by atoms with Crippen molar-refractivity contribution in [2.75, 3.05) is 5.75 Å². The molecule has 0 saturated heterocycles. The lowest BCUT2D eigenvalue weighted by Crippen LogP contribution is -2.29. The van der Waals surface area contributed by atoms with Gasteiger partial charge in [0.15, 0.2) is 5.16 Å². The van der Waals surface area contributed by atoms with Crippen molar-refractivity contribution in [1.82, 2.24) is 14.9 Å². The van der Waals surface area contributed by atoms with Crippen LogP contribution in [0.2, 0.25) is 0 Å². The molecule has 4 rings (SSSR count). The first-order valence-electron chi connectivity index (χ1n) is 9.61. The summed E-state index contributed by atoms with van der Waals surface area (Å²) < 4.78 is 1.66. The predicted molar refractivity (Wildman–Crippen MR) is 127 cm³/mol. The van der Waals surface area contributed by atoms with Crippen molar-refractivity contribution in [3.8, 4) is 10.4 Å². The number of hydrogen-bond acceptors (Lipinski definition) is 6. The highest BCUT2D eigenvalue weighted by Crippen LogP contribution is 2.34. The standard InChI is InChI=1S/C22H21N3O2S3/c1-3-25-21(27)19-16(17-10-7-11-28-17)12-29-20(19)24-22(25)30-13-18(26)23-14(2)15-8-5-4-6-9-15/h4-12,14H,3,13H2,1-2H3,(H,23,26). The lowest BCUT2D eigenvalue weighted by Gasteiger charge is -2.15. The van der Waals surface area contributed by atoms with E-state index in [0.29, 0.717) is 21.9 Å². The average Bonchev–Trinajstić information content (AvgIpc) is 3.42. The van der Waals surface area contributed by atoms with Crippen LogP contribution in [0.25, 0.3) is 20.7 Å². The molecule has 1 unspecified atom stereocenters. The maximum absolute atomic E-state index is 13.2. The van der Waals surface area contributed by atoms with E-state index in [4.69, 9.17) is 4.98 Å². The number of hydrogen-bond donors (Lipinski definition) is 1.